The molecule has 1 heterocycles. The number of halogens is 1. The quantitative estimate of drug-likeness (QED) is 0.680. The van der Waals surface area contributed by atoms with Crippen LogP contribution in [0.4, 0.5) is 10.1 Å². The molecular weight excluding hydrogens is 339 g/mol. The van der Waals surface area contributed by atoms with Gasteiger partial charge in [0.2, 0.25) is 5.91 Å². The van der Waals surface area contributed by atoms with Gasteiger partial charge in [0.25, 0.3) is 0 Å². The first kappa shape index (κ1) is 17.2. The maximum absolute atomic E-state index is 13.0. The molecule has 2 aromatic carbocycles. The van der Waals surface area contributed by atoms with Crippen LogP contribution in [0.5, 0.6) is 0 Å². The Morgan fingerprint density at radius 2 is 1.92 bits per heavy atom. The molecule has 1 aromatic heterocycles. The fraction of sp³-hybridized carbons (Fsp3) is 0.167. The van der Waals surface area contributed by atoms with E-state index in [1.54, 1.807) is 6.33 Å². The van der Waals surface area contributed by atoms with E-state index in [2.05, 4.69) is 15.5 Å². The van der Waals surface area contributed by atoms with Crippen molar-refractivity contribution in [3.05, 3.63) is 72.3 Å². The van der Waals surface area contributed by atoms with Gasteiger partial charge in [-0.1, -0.05) is 42.1 Å². The van der Waals surface area contributed by atoms with E-state index in [0.29, 0.717) is 10.8 Å². The Balaban J connectivity index is 1.85. The van der Waals surface area contributed by atoms with Crippen molar-refractivity contribution in [2.24, 2.45) is 0 Å². The van der Waals surface area contributed by atoms with E-state index in [-0.39, 0.29) is 11.7 Å². The minimum atomic E-state index is -0.499. The highest BCUT2D eigenvalue weighted by Gasteiger charge is 2.24. The number of hydrogen-bond donors (Lipinski definition) is 1. The summed E-state index contributed by atoms with van der Waals surface area (Å²) in [5.41, 5.74) is 1.41. The zero-order valence-corrected chi connectivity index (χ0v) is 14.4. The van der Waals surface area contributed by atoms with Gasteiger partial charge >= 0.3 is 0 Å². The number of aryl methyl sites for hydroxylation is 1. The average molecular weight is 356 g/mol. The number of amides is 1. The summed E-state index contributed by atoms with van der Waals surface area (Å²) in [5, 5.41) is 11.0. The van der Waals surface area contributed by atoms with Gasteiger partial charge in [-0.25, -0.2) is 4.39 Å². The molecule has 7 heteroatoms. The van der Waals surface area contributed by atoms with Crippen molar-refractivity contribution in [3.8, 4) is 0 Å². The van der Waals surface area contributed by atoms with Gasteiger partial charge in [0.05, 0.1) is 0 Å². The first-order valence-electron chi connectivity index (χ1n) is 7.83. The third-order valence-corrected chi connectivity index (χ3v) is 4.85. The molecule has 5 nitrogen and oxygen atoms in total. The van der Waals surface area contributed by atoms with Crippen molar-refractivity contribution in [1.29, 1.82) is 0 Å². The summed E-state index contributed by atoms with van der Waals surface area (Å²) in [5.74, 6) is -0.545. The van der Waals surface area contributed by atoms with E-state index < -0.39 is 5.25 Å². The number of hydrogen-bond acceptors (Lipinski definition) is 4. The standard InChI is InChI=1S/C18H17FN4OS/c1-2-23-12-20-22-18(23)25-16(13-6-4-3-5-7-13)17(24)21-15-10-8-14(19)9-11-15/h3-12,16H,2H2,1H3,(H,21,24)/t16-/m0/s1. The second-order valence-corrected chi connectivity index (χ2v) is 6.38. The van der Waals surface area contributed by atoms with E-state index in [1.165, 1.54) is 36.0 Å². The molecule has 25 heavy (non-hydrogen) atoms. The molecule has 128 valence electrons. The van der Waals surface area contributed by atoms with Gasteiger partial charge in [-0.15, -0.1) is 10.2 Å². The third-order valence-electron chi connectivity index (χ3n) is 3.60. The molecule has 0 aliphatic rings. The fourth-order valence-electron chi connectivity index (χ4n) is 2.30. The van der Waals surface area contributed by atoms with E-state index in [0.717, 1.165) is 12.1 Å². The van der Waals surface area contributed by atoms with Crippen molar-refractivity contribution in [2.45, 2.75) is 23.9 Å². The van der Waals surface area contributed by atoms with Crippen LogP contribution in [-0.4, -0.2) is 20.7 Å². The SMILES string of the molecule is CCn1cnnc1S[C@H](C(=O)Nc1ccc(F)cc1)c1ccccc1. The molecule has 0 bridgehead atoms. The average Bonchev–Trinajstić information content (AvgIpc) is 3.09. The van der Waals surface area contributed by atoms with Crippen molar-refractivity contribution in [2.75, 3.05) is 5.32 Å². The fourth-order valence-corrected chi connectivity index (χ4v) is 3.38. The van der Waals surface area contributed by atoms with Crippen LogP contribution < -0.4 is 5.32 Å². The predicted molar refractivity (Wildman–Crippen MR) is 95.8 cm³/mol. The zero-order valence-electron chi connectivity index (χ0n) is 13.6. The van der Waals surface area contributed by atoms with Gasteiger partial charge in [0.15, 0.2) is 5.16 Å². The van der Waals surface area contributed by atoms with Crippen LogP contribution in [0.25, 0.3) is 0 Å². The van der Waals surface area contributed by atoms with Crippen LogP contribution in [0.3, 0.4) is 0 Å². The number of nitrogens with zero attached hydrogens (tertiary/aromatic N) is 3. The summed E-state index contributed by atoms with van der Waals surface area (Å²) in [6.07, 6.45) is 1.64. The summed E-state index contributed by atoms with van der Waals surface area (Å²) in [6, 6.07) is 15.2. The number of thioether (sulfide) groups is 1. The zero-order chi connectivity index (χ0) is 17.6. The van der Waals surface area contributed by atoms with Crippen LogP contribution in [0.2, 0.25) is 0 Å². The minimum absolute atomic E-state index is 0.200. The molecule has 0 saturated carbocycles. The van der Waals surface area contributed by atoms with Gasteiger partial charge in [-0.3, -0.25) is 4.79 Å². The first-order chi connectivity index (χ1) is 12.2. The maximum Gasteiger partial charge on any atom is 0.242 e. The van der Waals surface area contributed by atoms with Crippen LogP contribution >= 0.6 is 11.8 Å². The van der Waals surface area contributed by atoms with E-state index in [9.17, 15) is 9.18 Å². The van der Waals surface area contributed by atoms with Crippen molar-refractivity contribution >= 4 is 23.4 Å². The molecule has 1 atom stereocenters. The molecule has 3 aromatic rings. The summed E-state index contributed by atoms with van der Waals surface area (Å²) in [7, 11) is 0. The molecular formula is C18H17FN4OS. The molecule has 0 unspecified atom stereocenters. The number of carbonyl (C=O) groups is 1. The van der Waals surface area contributed by atoms with Crippen LogP contribution in [0.15, 0.2) is 66.1 Å². The lowest BCUT2D eigenvalue weighted by Crippen LogP contribution is -2.19. The van der Waals surface area contributed by atoms with Crippen molar-refractivity contribution in [3.63, 3.8) is 0 Å². The molecule has 3 rings (SSSR count). The monoisotopic (exact) mass is 356 g/mol. The van der Waals surface area contributed by atoms with E-state index >= 15 is 0 Å². The Morgan fingerprint density at radius 1 is 1.20 bits per heavy atom. The number of aromatic nitrogens is 3. The Morgan fingerprint density at radius 3 is 2.60 bits per heavy atom. The lowest BCUT2D eigenvalue weighted by atomic mass is 10.1. The molecule has 0 radical (unpaired) electrons. The maximum atomic E-state index is 13.0. The molecule has 0 spiro atoms. The lowest BCUT2D eigenvalue weighted by molar-refractivity contribution is -0.115. The highest BCUT2D eigenvalue weighted by molar-refractivity contribution is 8.00. The van der Waals surface area contributed by atoms with E-state index in [4.69, 9.17) is 0 Å². The molecule has 1 amide bonds. The van der Waals surface area contributed by atoms with Crippen LogP contribution in [0.1, 0.15) is 17.7 Å². The van der Waals surface area contributed by atoms with Gasteiger partial charge < -0.3 is 9.88 Å². The molecule has 0 aliphatic carbocycles. The molecule has 0 fully saturated rings. The summed E-state index contributed by atoms with van der Waals surface area (Å²) in [6.45, 7) is 2.71. The van der Waals surface area contributed by atoms with Gasteiger partial charge in [-0.2, -0.15) is 0 Å². The highest BCUT2D eigenvalue weighted by atomic mass is 32.2. The molecule has 0 aliphatic heterocycles. The Bertz CT molecular complexity index is 836. The number of anilines is 1. The van der Waals surface area contributed by atoms with E-state index in [1.807, 2.05) is 41.8 Å². The topological polar surface area (TPSA) is 59.8 Å². The Labute approximate surface area is 149 Å². The Hall–Kier alpha value is -2.67. The van der Waals surface area contributed by atoms with Crippen LogP contribution in [0, 0.1) is 5.82 Å². The molecule has 0 saturated heterocycles. The summed E-state index contributed by atoms with van der Waals surface area (Å²) < 4.78 is 14.9. The smallest absolute Gasteiger partial charge is 0.242 e. The normalized spacial score (nSPS) is 11.9. The Kier molecular flexibility index (Phi) is 5.45. The van der Waals surface area contributed by atoms with Gasteiger partial charge in [-0.05, 0) is 36.8 Å². The number of rotatable bonds is 6. The van der Waals surface area contributed by atoms with Crippen molar-refractivity contribution in [1.82, 2.24) is 14.8 Å². The first-order valence-corrected chi connectivity index (χ1v) is 8.71. The number of carbonyl (C=O) groups excluding carboxylic acids is 1. The van der Waals surface area contributed by atoms with Gasteiger partial charge in [0.1, 0.15) is 17.4 Å². The minimum Gasteiger partial charge on any atom is -0.325 e. The summed E-state index contributed by atoms with van der Waals surface area (Å²) in [4.78, 5) is 12.8. The number of benzene rings is 2. The molecule has 1 N–H and O–H groups in total. The van der Waals surface area contributed by atoms with Crippen LogP contribution in [-0.2, 0) is 11.3 Å². The third kappa shape index (κ3) is 4.24. The van der Waals surface area contributed by atoms with Gasteiger partial charge in [0, 0.05) is 12.2 Å². The second kappa shape index (κ2) is 7.94. The summed E-state index contributed by atoms with van der Waals surface area (Å²) >= 11 is 1.33. The number of nitrogens with one attached hydrogen (secondary N) is 1. The highest BCUT2D eigenvalue weighted by Crippen LogP contribution is 2.35. The van der Waals surface area contributed by atoms with Crippen molar-refractivity contribution < 1.29 is 9.18 Å². The largest absolute Gasteiger partial charge is 0.325 e. The lowest BCUT2D eigenvalue weighted by Gasteiger charge is -2.16. The second-order valence-electron chi connectivity index (χ2n) is 5.30. The predicted octanol–water partition coefficient (Wildman–Crippen LogP) is 3.91.